The van der Waals surface area contributed by atoms with Gasteiger partial charge in [0.15, 0.2) is 0 Å². The third-order valence-corrected chi connectivity index (χ3v) is 2.65. The van der Waals surface area contributed by atoms with Gasteiger partial charge >= 0.3 is 0 Å². The zero-order valence-electron chi connectivity index (χ0n) is 9.09. The molecular formula is C12H16ClNO. The quantitative estimate of drug-likeness (QED) is 0.839. The maximum absolute atomic E-state index is 11.5. The van der Waals surface area contributed by atoms with E-state index in [-0.39, 0.29) is 11.8 Å². The number of carbonyl (C=O) groups excluding carboxylic acids is 1. The SMILES string of the molecule is CCC(C)C(=O)NCc1cccc(Cl)c1. The van der Waals surface area contributed by atoms with Crippen LogP contribution in [0, 0.1) is 5.92 Å². The smallest absolute Gasteiger partial charge is 0.223 e. The van der Waals surface area contributed by atoms with E-state index in [1.165, 1.54) is 0 Å². The predicted molar refractivity (Wildman–Crippen MR) is 62.8 cm³/mol. The molecule has 1 aromatic carbocycles. The molecule has 1 unspecified atom stereocenters. The van der Waals surface area contributed by atoms with Crippen LogP contribution in [0.25, 0.3) is 0 Å². The summed E-state index contributed by atoms with van der Waals surface area (Å²) in [4.78, 5) is 11.5. The number of hydrogen-bond donors (Lipinski definition) is 1. The minimum Gasteiger partial charge on any atom is -0.352 e. The van der Waals surface area contributed by atoms with Crippen LogP contribution in [0.3, 0.4) is 0 Å². The number of rotatable bonds is 4. The summed E-state index contributed by atoms with van der Waals surface area (Å²) >= 11 is 5.84. The van der Waals surface area contributed by atoms with Crippen molar-refractivity contribution >= 4 is 17.5 Å². The molecule has 1 N–H and O–H groups in total. The molecule has 2 nitrogen and oxygen atoms in total. The molecule has 1 rings (SSSR count). The van der Waals surface area contributed by atoms with Crippen molar-refractivity contribution in [3.8, 4) is 0 Å². The van der Waals surface area contributed by atoms with Crippen molar-refractivity contribution in [3.63, 3.8) is 0 Å². The first-order valence-electron chi connectivity index (χ1n) is 5.15. The third-order valence-electron chi connectivity index (χ3n) is 2.42. The Morgan fingerprint density at radius 3 is 2.87 bits per heavy atom. The molecule has 0 aliphatic heterocycles. The molecule has 1 aromatic rings. The Morgan fingerprint density at radius 1 is 1.53 bits per heavy atom. The molecule has 0 heterocycles. The van der Waals surface area contributed by atoms with E-state index in [2.05, 4.69) is 5.32 Å². The van der Waals surface area contributed by atoms with Crippen molar-refractivity contribution in [1.82, 2.24) is 5.32 Å². The Kier molecular flexibility index (Phi) is 4.63. The van der Waals surface area contributed by atoms with Gasteiger partial charge in [0, 0.05) is 17.5 Å². The molecule has 0 aliphatic rings. The van der Waals surface area contributed by atoms with Crippen molar-refractivity contribution in [3.05, 3.63) is 34.9 Å². The second kappa shape index (κ2) is 5.76. The zero-order valence-corrected chi connectivity index (χ0v) is 9.84. The van der Waals surface area contributed by atoms with E-state index >= 15 is 0 Å². The first-order chi connectivity index (χ1) is 7.13. The number of nitrogens with one attached hydrogen (secondary N) is 1. The van der Waals surface area contributed by atoms with E-state index in [0.29, 0.717) is 11.6 Å². The predicted octanol–water partition coefficient (Wildman–Crippen LogP) is 3.00. The van der Waals surface area contributed by atoms with Crippen molar-refractivity contribution in [2.24, 2.45) is 5.92 Å². The highest BCUT2D eigenvalue weighted by Gasteiger charge is 2.09. The van der Waals surface area contributed by atoms with E-state index in [1.54, 1.807) is 0 Å². The van der Waals surface area contributed by atoms with E-state index in [0.717, 1.165) is 12.0 Å². The van der Waals surface area contributed by atoms with Gasteiger partial charge in [0.05, 0.1) is 0 Å². The second-order valence-corrected chi connectivity index (χ2v) is 4.09. The summed E-state index contributed by atoms with van der Waals surface area (Å²) < 4.78 is 0. The van der Waals surface area contributed by atoms with E-state index in [4.69, 9.17) is 11.6 Å². The molecule has 0 saturated carbocycles. The third kappa shape index (κ3) is 3.92. The first-order valence-corrected chi connectivity index (χ1v) is 5.53. The monoisotopic (exact) mass is 225 g/mol. The fourth-order valence-electron chi connectivity index (χ4n) is 1.20. The molecule has 0 aromatic heterocycles. The minimum absolute atomic E-state index is 0.0733. The van der Waals surface area contributed by atoms with Crippen LogP contribution in [0.15, 0.2) is 24.3 Å². The molecular weight excluding hydrogens is 210 g/mol. The summed E-state index contributed by atoms with van der Waals surface area (Å²) in [5.41, 5.74) is 1.03. The zero-order chi connectivity index (χ0) is 11.3. The lowest BCUT2D eigenvalue weighted by Gasteiger charge is -2.09. The molecule has 0 fully saturated rings. The molecule has 15 heavy (non-hydrogen) atoms. The minimum atomic E-state index is 0.0733. The van der Waals surface area contributed by atoms with Gasteiger partial charge in [-0.2, -0.15) is 0 Å². The van der Waals surface area contributed by atoms with Crippen LogP contribution in [0.1, 0.15) is 25.8 Å². The molecule has 1 amide bonds. The van der Waals surface area contributed by atoms with Gasteiger partial charge in [-0.25, -0.2) is 0 Å². The highest BCUT2D eigenvalue weighted by molar-refractivity contribution is 6.30. The average molecular weight is 226 g/mol. The van der Waals surface area contributed by atoms with E-state index < -0.39 is 0 Å². The summed E-state index contributed by atoms with van der Waals surface area (Å²) in [5, 5.41) is 3.58. The lowest BCUT2D eigenvalue weighted by Crippen LogP contribution is -2.28. The Morgan fingerprint density at radius 2 is 2.27 bits per heavy atom. The van der Waals surface area contributed by atoms with Gasteiger partial charge in [-0.1, -0.05) is 37.6 Å². The summed E-state index contributed by atoms with van der Waals surface area (Å²) in [7, 11) is 0. The number of halogens is 1. The van der Waals surface area contributed by atoms with Crippen LogP contribution in [0.5, 0.6) is 0 Å². The van der Waals surface area contributed by atoms with Crippen molar-refractivity contribution in [2.75, 3.05) is 0 Å². The number of amides is 1. The summed E-state index contributed by atoms with van der Waals surface area (Å²) in [6.07, 6.45) is 0.862. The first kappa shape index (κ1) is 12.1. The Hall–Kier alpha value is -1.02. The Labute approximate surface area is 95.6 Å². The van der Waals surface area contributed by atoms with Gasteiger partial charge in [0.2, 0.25) is 5.91 Å². The molecule has 0 radical (unpaired) electrons. The van der Waals surface area contributed by atoms with Crippen LogP contribution in [0.4, 0.5) is 0 Å². The number of carbonyl (C=O) groups is 1. The molecule has 0 bridgehead atoms. The lowest BCUT2D eigenvalue weighted by atomic mass is 10.1. The Balaban J connectivity index is 2.47. The van der Waals surface area contributed by atoms with Gasteiger partial charge in [-0.05, 0) is 24.1 Å². The molecule has 82 valence electrons. The lowest BCUT2D eigenvalue weighted by molar-refractivity contribution is -0.124. The summed E-state index contributed by atoms with van der Waals surface area (Å²) in [5.74, 6) is 0.168. The fourth-order valence-corrected chi connectivity index (χ4v) is 1.41. The number of hydrogen-bond acceptors (Lipinski definition) is 1. The van der Waals surface area contributed by atoms with Crippen molar-refractivity contribution in [1.29, 1.82) is 0 Å². The molecule has 1 atom stereocenters. The highest BCUT2D eigenvalue weighted by Crippen LogP contribution is 2.10. The largest absolute Gasteiger partial charge is 0.352 e. The number of benzene rings is 1. The van der Waals surface area contributed by atoms with Crippen LogP contribution in [0.2, 0.25) is 5.02 Å². The summed E-state index contributed by atoms with van der Waals surface area (Å²) in [6.45, 7) is 4.47. The van der Waals surface area contributed by atoms with E-state index in [1.807, 2.05) is 38.1 Å². The van der Waals surface area contributed by atoms with Gasteiger partial charge in [0.1, 0.15) is 0 Å². The standard InChI is InChI=1S/C12H16ClNO/c1-3-9(2)12(15)14-8-10-5-4-6-11(13)7-10/h4-7,9H,3,8H2,1-2H3,(H,14,15). The van der Waals surface area contributed by atoms with Crippen molar-refractivity contribution in [2.45, 2.75) is 26.8 Å². The Bertz CT molecular complexity index is 338. The summed E-state index contributed by atoms with van der Waals surface area (Å²) in [6, 6.07) is 7.51. The van der Waals surface area contributed by atoms with Crippen LogP contribution in [-0.4, -0.2) is 5.91 Å². The average Bonchev–Trinajstić information content (AvgIpc) is 2.25. The van der Waals surface area contributed by atoms with Crippen LogP contribution < -0.4 is 5.32 Å². The maximum Gasteiger partial charge on any atom is 0.223 e. The molecule has 3 heteroatoms. The van der Waals surface area contributed by atoms with E-state index in [9.17, 15) is 4.79 Å². The fraction of sp³-hybridized carbons (Fsp3) is 0.417. The van der Waals surface area contributed by atoms with Gasteiger partial charge in [0.25, 0.3) is 0 Å². The maximum atomic E-state index is 11.5. The van der Waals surface area contributed by atoms with Gasteiger partial charge < -0.3 is 5.32 Å². The molecule has 0 aliphatic carbocycles. The van der Waals surface area contributed by atoms with Crippen LogP contribution >= 0.6 is 11.6 Å². The highest BCUT2D eigenvalue weighted by atomic mass is 35.5. The topological polar surface area (TPSA) is 29.1 Å². The van der Waals surface area contributed by atoms with Crippen molar-refractivity contribution < 1.29 is 4.79 Å². The molecule has 0 spiro atoms. The van der Waals surface area contributed by atoms with Crippen LogP contribution in [-0.2, 0) is 11.3 Å². The van der Waals surface area contributed by atoms with Gasteiger partial charge in [-0.15, -0.1) is 0 Å². The normalized spacial score (nSPS) is 12.2. The van der Waals surface area contributed by atoms with Gasteiger partial charge in [-0.3, -0.25) is 4.79 Å². The molecule has 0 saturated heterocycles. The second-order valence-electron chi connectivity index (χ2n) is 3.66.